The zero-order valence-electron chi connectivity index (χ0n) is 16.6. The summed E-state index contributed by atoms with van der Waals surface area (Å²) >= 11 is 0. The predicted molar refractivity (Wildman–Crippen MR) is 105 cm³/mol. The molecule has 0 aromatic heterocycles. The van der Waals surface area contributed by atoms with Crippen molar-refractivity contribution >= 4 is 11.9 Å². The summed E-state index contributed by atoms with van der Waals surface area (Å²) in [4.78, 5) is 22.0. The fourth-order valence-corrected chi connectivity index (χ4v) is 2.51. The van der Waals surface area contributed by atoms with Gasteiger partial charge in [0.2, 0.25) is 0 Å². The Hall–Kier alpha value is -2.70. The van der Waals surface area contributed by atoms with Crippen molar-refractivity contribution in [2.24, 2.45) is 0 Å². The van der Waals surface area contributed by atoms with Gasteiger partial charge in [0.15, 0.2) is 6.10 Å². The van der Waals surface area contributed by atoms with Crippen molar-refractivity contribution in [3.05, 3.63) is 71.8 Å². The Morgan fingerprint density at radius 1 is 0.750 bits per heavy atom. The van der Waals surface area contributed by atoms with E-state index in [0.29, 0.717) is 0 Å². The molecule has 28 heavy (non-hydrogen) atoms. The van der Waals surface area contributed by atoms with Crippen LogP contribution >= 0.6 is 0 Å². The van der Waals surface area contributed by atoms with Crippen LogP contribution in [0, 0.1) is 0 Å². The van der Waals surface area contributed by atoms with E-state index < -0.39 is 36.4 Å². The van der Waals surface area contributed by atoms with Gasteiger partial charge < -0.3 is 19.7 Å². The molecule has 6 heteroatoms. The van der Waals surface area contributed by atoms with Crippen LogP contribution in [0.25, 0.3) is 0 Å². The predicted octanol–water partition coefficient (Wildman–Crippen LogP) is 3.34. The van der Waals surface area contributed by atoms with Crippen molar-refractivity contribution in [1.29, 1.82) is 0 Å². The molecule has 0 spiro atoms. The lowest BCUT2D eigenvalue weighted by molar-refractivity contribution is -0.164. The third-order valence-corrected chi connectivity index (χ3v) is 3.80. The molecule has 0 aliphatic carbocycles. The highest BCUT2D eigenvalue weighted by atomic mass is 16.6. The minimum atomic E-state index is -0.767. The van der Waals surface area contributed by atoms with Crippen LogP contribution in [0.15, 0.2) is 60.7 Å². The second kappa shape index (κ2) is 11.9. The van der Waals surface area contributed by atoms with Crippen molar-refractivity contribution in [1.82, 2.24) is 0 Å². The van der Waals surface area contributed by atoms with Crippen molar-refractivity contribution in [3.8, 4) is 0 Å². The number of aliphatic hydroxyl groups excluding tert-OH is 2. The minimum absolute atomic E-state index is 0.398. The molecule has 2 N–H and O–H groups in total. The minimum Gasteiger partial charge on any atom is -0.459 e. The van der Waals surface area contributed by atoms with E-state index in [4.69, 9.17) is 14.6 Å². The molecule has 0 fully saturated rings. The molecule has 6 nitrogen and oxygen atoms in total. The largest absolute Gasteiger partial charge is 0.459 e. The number of ether oxygens (including phenoxy) is 2. The van der Waals surface area contributed by atoms with Gasteiger partial charge in [0, 0.05) is 13.8 Å². The van der Waals surface area contributed by atoms with Crippen LogP contribution in [-0.4, -0.2) is 34.4 Å². The van der Waals surface area contributed by atoms with Gasteiger partial charge in [-0.1, -0.05) is 60.7 Å². The average molecular weight is 388 g/mol. The molecule has 0 aliphatic heterocycles. The first-order valence-electron chi connectivity index (χ1n) is 9.02. The summed E-state index contributed by atoms with van der Waals surface area (Å²) in [5.41, 5.74) is 1.55. The van der Waals surface area contributed by atoms with Crippen molar-refractivity contribution < 1.29 is 29.3 Å². The van der Waals surface area contributed by atoms with E-state index in [0.717, 1.165) is 11.1 Å². The van der Waals surface area contributed by atoms with E-state index in [2.05, 4.69) is 0 Å². The van der Waals surface area contributed by atoms with Crippen LogP contribution in [0.3, 0.4) is 0 Å². The molecule has 0 heterocycles. The number of esters is 2. The van der Waals surface area contributed by atoms with Crippen molar-refractivity contribution in [2.45, 2.75) is 52.1 Å². The molecule has 0 radical (unpaired) electrons. The van der Waals surface area contributed by atoms with E-state index in [1.807, 2.05) is 48.5 Å². The normalized spacial score (nSPS) is 14.5. The lowest BCUT2D eigenvalue weighted by atomic mass is 10.1. The maximum Gasteiger partial charge on any atom is 0.303 e. The van der Waals surface area contributed by atoms with Crippen LogP contribution in [0.4, 0.5) is 0 Å². The molecule has 0 bridgehead atoms. The zero-order chi connectivity index (χ0) is 21.1. The van der Waals surface area contributed by atoms with E-state index in [1.165, 1.54) is 13.8 Å². The van der Waals surface area contributed by atoms with E-state index in [-0.39, 0.29) is 0 Å². The molecule has 0 aliphatic rings. The summed E-state index contributed by atoms with van der Waals surface area (Å²) in [6.07, 6.45) is -2.56. The Morgan fingerprint density at radius 2 is 1.18 bits per heavy atom. The fourth-order valence-electron chi connectivity index (χ4n) is 2.51. The van der Waals surface area contributed by atoms with Gasteiger partial charge in [-0.05, 0) is 25.0 Å². The second-order valence-corrected chi connectivity index (χ2v) is 6.35. The van der Waals surface area contributed by atoms with Crippen LogP contribution < -0.4 is 0 Å². The van der Waals surface area contributed by atoms with Crippen LogP contribution in [-0.2, 0) is 19.1 Å². The maximum absolute atomic E-state index is 11.1. The topological polar surface area (TPSA) is 93.1 Å². The highest BCUT2D eigenvalue weighted by molar-refractivity contribution is 5.67. The van der Waals surface area contributed by atoms with Gasteiger partial charge in [-0.2, -0.15) is 0 Å². The molecule has 0 amide bonds. The highest BCUT2D eigenvalue weighted by Gasteiger charge is 2.24. The molecule has 152 valence electrons. The van der Waals surface area contributed by atoms with Gasteiger partial charge in [0.1, 0.15) is 12.2 Å². The maximum atomic E-state index is 11.1. The Morgan fingerprint density at radius 3 is 1.57 bits per heavy atom. The van der Waals surface area contributed by atoms with Crippen molar-refractivity contribution in [2.75, 3.05) is 0 Å². The highest BCUT2D eigenvalue weighted by Crippen LogP contribution is 2.23. The molecular formula is C22H28O6. The van der Waals surface area contributed by atoms with Crippen molar-refractivity contribution in [3.63, 3.8) is 0 Å². The van der Waals surface area contributed by atoms with Gasteiger partial charge in [0.05, 0.1) is 6.10 Å². The first-order valence-corrected chi connectivity index (χ1v) is 9.02. The number of hydrogen-bond donors (Lipinski definition) is 2. The monoisotopic (exact) mass is 388 g/mol. The van der Waals surface area contributed by atoms with Gasteiger partial charge in [-0.25, -0.2) is 0 Å². The molecule has 2 aromatic rings. The summed E-state index contributed by atoms with van der Waals surface area (Å²) < 4.78 is 10.2. The molecular weight excluding hydrogens is 360 g/mol. The Bertz CT molecular complexity index is 714. The molecule has 4 unspecified atom stereocenters. The van der Waals surface area contributed by atoms with Crippen LogP contribution in [0.5, 0.6) is 0 Å². The number of aliphatic hydroxyl groups is 2. The van der Waals surface area contributed by atoms with Gasteiger partial charge in [-0.3, -0.25) is 9.59 Å². The first kappa shape index (κ1) is 23.3. The Balaban J connectivity index is 0.000000307. The quantitative estimate of drug-likeness (QED) is 0.737. The first-order chi connectivity index (χ1) is 13.2. The summed E-state index contributed by atoms with van der Waals surface area (Å²) in [7, 11) is 0. The third-order valence-electron chi connectivity index (χ3n) is 3.80. The van der Waals surface area contributed by atoms with E-state index >= 15 is 0 Å². The van der Waals surface area contributed by atoms with Gasteiger partial charge >= 0.3 is 11.9 Å². The molecule has 0 saturated carbocycles. The lowest BCUT2D eigenvalue weighted by Gasteiger charge is -2.23. The molecule has 4 atom stereocenters. The SMILES string of the molecule is CC(=O)OC(C)C(OC(C)=O)c1ccccc1.CC(O)C(O)c1ccccc1. The van der Waals surface area contributed by atoms with E-state index in [1.54, 1.807) is 26.0 Å². The lowest BCUT2D eigenvalue weighted by Crippen LogP contribution is -2.25. The summed E-state index contributed by atoms with van der Waals surface area (Å²) in [6, 6.07) is 18.3. The van der Waals surface area contributed by atoms with E-state index in [9.17, 15) is 14.7 Å². The second-order valence-electron chi connectivity index (χ2n) is 6.35. The number of carbonyl (C=O) groups is 2. The number of hydrogen-bond acceptors (Lipinski definition) is 6. The molecule has 2 rings (SSSR count). The summed E-state index contributed by atoms with van der Waals surface area (Å²) in [6.45, 7) is 5.92. The Labute approximate surface area is 165 Å². The van der Waals surface area contributed by atoms with Crippen LogP contribution in [0.1, 0.15) is 51.0 Å². The average Bonchev–Trinajstić information content (AvgIpc) is 2.66. The summed E-state index contributed by atoms with van der Waals surface area (Å²) in [5, 5.41) is 18.4. The van der Waals surface area contributed by atoms with Gasteiger partial charge in [-0.15, -0.1) is 0 Å². The number of rotatable bonds is 6. The molecule has 2 aromatic carbocycles. The number of benzene rings is 2. The zero-order valence-corrected chi connectivity index (χ0v) is 16.6. The fraction of sp³-hybridized carbons (Fsp3) is 0.364. The smallest absolute Gasteiger partial charge is 0.303 e. The molecule has 0 saturated heterocycles. The number of carbonyl (C=O) groups excluding carboxylic acids is 2. The van der Waals surface area contributed by atoms with Crippen LogP contribution in [0.2, 0.25) is 0 Å². The Kier molecular flexibility index (Phi) is 9.92. The third kappa shape index (κ3) is 8.33. The van der Waals surface area contributed by atoms with Gasteiger partial charge in [0.25, 0.3) is 0 Å². The summed E-state index contributed by atoms with van der Waals surface area (Å²) in [5.74, 6) is -0.802. The standard InChI is InChI=1S/C13H16O4.C9H12O2/c1-9(16-10(2)14)13(17-11(3)15)12-7-5-4-6-8-12;1-7(10)9(11)8-5-3-2-4-6-8/h4-9,13H,1-3H3;2-7,9-11H,1H3.